The lowest BCUT2D eigenvalue weighted by atomic mass is 9.97. The van der Waals surface area contributed by atoms with Gasteiger partial charge in [-0.25, -0.2) is 4.98 Å². The van der Waals surface area contributed by atoms with E-state index in [9.17, 15) is 4.79 Å². The van der Waals surface area contributed by atoms with Crippen molar-refractivity contribution >= 4 is 42.1 Å². The molecule has 7 heteroatoms. The van der Waals surface area contributed by atoms with E-state index in [0.29, 0.717) is 12.5 Å². The Hall–Kier alpha value is -0.360. The molecule has 0 radical (unpaired) electrons. The average molecular weight is 340 g/mol. The van der Waals surface area contributed by atoms with Crippen molar-refractivity contribution in [1.29, 1.82) is 0 Å². The van der Waals surface area contributed by atoms with Gasteiger partial charge in [0.1, 0.15) is 0 Å². The molecule has 0 saturated carbocycles. The highest BCUT2D eigenvalue weighted by atomic mass is 35.5. The van der Waals surface area contributed by atoms with Crippen LogP contribution in [0.3, 0.4) is 0 Å². The number of amides is 1. The fourth-order valence-corrected chi connectivity index (χ4v) is 3.28. The Labute approximate surface area is 137 Å². The fourth-order valence-electron chi connectivity index (χ4n) is 2.35. The van der Waals surface area contributed by atoms with E-state index in [4.69, 9.17) is 5.73 Å². The second kappa shape index (κ2) is 8.82. The van der Waals surface area contributed by atoms with E-state index in [1.54, 1.807) is 11.3 Å². The summed E-state index contributed by atoms with van der Waals surface area (Å²) in [5, 5.41) is 3.25. The van der Waals surface area contributed by atoms with E-state index >= 15 is 0 Å². The van der Waals surface area contributed by atoms with Crippen LogP contribution in [0.25, 0.3) is 0 Å². The lowest BCUT2D eigenvalue weighted by molar-refractivity contribution is -0.135. The van der Waals surface area contributed by atoms with Crippen LogP contribution in [-0.4, -0.2) is 35.4 Å². The second-order valence-electron chi connectivity index (χ2n) is 5.09. The highest BCUT2D eigenvalue weighted by Crippen LogP contribution is 2.29. The van der Waals surface area contributed by atoms with Gasteiger partial charge in [-0.1, -0.05) is 6.92 Å². The summed E-state index contributed by atoms with van der Waals surface area (Å²) in [5.74, 6) is 0.531. The normalized spacial score (nSPS) is 19.8. The van der Waals surface area contributed by atoms with Gasteiger partial charge in [0.2, 0.25) is 5.91 Å². The van der Waals surface area contributed by atoms with Crippen molar-refractivity contribution in [3.63, 3.8) is 0 Å². The maximum absolute atomic E-state index is 12.1. The zero-order valence-corrected chi connectivity index (χ0v) is 14.3. The third-order valence-corrected chi connectivity index (χ3v) is 4.62. The number of nitrogens with two attached hydrogens (primary N) is 1. The minimum absolute atomic E-state index is 0. The lowest BCUT2D eigenvalue weighted by Gasteiger charge is -2.33. The van der Waals surface area contributed by atoms with Crippen LogP contribution in [0.15, 0.2) is 5.38 Å². The number of aromatic nitrogens is 1. The average Bonchev–Trinajstić information content (AvgIpc) is 2.84. The Morgan fingerprint density at radius 2 is 2.30 bits per heavy atom. The summed E-state index contributed by atoms with van der Waals surface area (Å²) < 4.78 is 0. The van der Waals surface area contributed by atoms with Gasteiger partial charge in [-0.15, -0.1) is 36.2 Å². The van der Waals surface area contributed by atoms with Crippen molar-refractivity contribution in [2.24, 2.45) is 11.7 Å². The number of carbonyl (C=O) groups excluding carboxylic acids is 1. The molecule has 0 aromatic carbocycles. The Bertz CT molecular complexity index is 428. The molecule has 20 heavy (non-hydrogen) atoms. The van der Waals surface area contributed by atoms with Crippen LogP contribution >= 0.6 is 36.2 Å². The predicted octanol–water partition coefficient (Wildman–Crippen LogP) is 2.60. The number of aryl methyl sites for hydroxylation is 1. The predicted molar refractivity (Wildman–Crippen MR) is 88.1 cm³/mol. The molecule has 2 rings (SSSR count). The van der Waals surface area contributed by atoms with E-state index in [0.717, 1.165) is 31.6 Å². The number of halogens is 2. The molecule has 0 aliphatic carbocycles. The van der Waals surface area contributed by atoms with Gasteiger partial charge in [0.25, 0.3) is 0 Å². The van der Waals surface area contributed by atoms with Crippen LogP contribution in [0.2, 0.25) is 0 Å². The molecule has 1 aliphatic heterocycles. The lowest BCUT2D eigenvalue weighted by Crippen LogP contribution is -2.43. The van der Waals surface area contributed by atoms with E-state index in [1.165, 1.54) is 5.01 Å². The van der Waals surface area contributed by atoms with Crippen molar-refractivity contribution in [3.05, 3.63) is 16.1 Å². The SMILES string of the molecule is Cc1csc(C2CCCN(C(=O)C(C)CN)C2)n1.Cl.Cl. The molecule has 1 aliphatic rings. The summed E-state index contributed by atoms with van der Waals surface area (Å²) in [4.78, 5) is 18.6. The molecule has 1 amide bonds. The van der Waals surface area contributed by atoms with E-state index in [-0.39, 0.29) is 36.6 Å². The van der Waals surface area contributed by atoms with Gasteiger partial charge >= 0.3 is 0 Å². The van der Waals surface area contributed by atoms with Gasteiger partial charge in [-0.2, -0.15) is 0 Å². The number of hydrogen-bond acceptors (Lipinski definition) is 4. The summed E-state index contributed by atoms with van der Waals surface area (Å²) in [6, 6.07) is 0. The summed E-state index contributed by atoms with van der Waals surface area (Å²) >= 11 is 1.71. The largest absolute Gasteiger partial charge is 0.342 e. The Balaban J connectivity index is 0.00000180. The third kappa shape index (κ3) is 4.58. The number of carbonyl (C=O) groups is 1. The maximum atomic E-state index is 12.1. The van der Waals surface area contributed by atoms with Gasteiger partial charge in [-0.3, -0.25) is 4.79 Å². The highest BCUT2D eigenvalue weighted by Gasteiger charge is 2.28. The molecule has 0 bridgehead atoms. The van der Waals surface area contributed by atoms with Crippen LogP contribution in [-0.2, 0) is 4.79 Å². The number of hydrogen-bond donors (Lipinski definition) is 1. The van der Waals surface area contributed by atoms with Crippen LogP contribution in [0.1, 0.15) is 36.4 Å². The number of likely N-dealkylation sites (tertiary alicyclic amines) is 1. The fraction of sp³-hybridized carbons (Fsp3) is 0.692. The topological polar surface area (TPSA) is 59.2 Å². The Morgan fingerprint density at radius 3 is 2.85 bits per heavy atom. The van der Waals surface area contributed by atoms with Gasteiger partial charge in [0.05, 0.1) is 5.01 Å². The molecule has 2 heterocycles. The number of nitrogens with zero attached hydrogens (tertiary/aromatic N) is 2. The molecule has 1 fully saturated rings. The summed E-state index contributed by atoms with van der Waals surface area (Å²) in [7, 11) is 0. The summed E-state index contributed by atoms with van der Waals surface area (Å²) in [6.45, 7) is 6.01. The van der Waals surface area contributed by atoms with Crippen molar-refractivity contribution in [2.45, 2.75) is 32.6 Å². The molecule has 2 atom stereocenters. The molecule has 1 aromatic heterocycles. The van der Waals surface area contributed by atoms with Crippen molar-refractivity contribution in [1.82, 2.24) is 9.88 Å². The first-order valence-electron chi connectivity index (χ1n) is 6.52. The Kier molecular flexibility index (Phi) is 8.66. The number of thiazole rings is 1. The van der Waals surface area contributed by atoms with Crippen LogP contribution in [0.5, 0.6) is 0 Å². The van der Waals surface area contributed by atoms with Crippen molar-refractivity contribution < 1.29 is 4.79 Å². The first-order valence-corrected chi connectivity index (χ1v) is 7.40. The molecule has 4 nitrogen and oxygen atoms in total. The first kappa shape index (κ1) is 19.6. The van der Waals surface area contributed by atoms with Crippen molar-refractivity contribution in [2.75, 3.05) is 19.6 Å². The Morgan fingerprint density at radius 1 is 1.60 bits per heavy atom. The van der Waals surface area contributed by atoms with Gasteiger partial charge in [0, 0.05) is 42.5 Å². The molecular weight excluding hydrogens is 317 g/mol. The van der Waals surface area contributed by atoms with Crippen LogP contribution in [0, 0.1) is 12.8 Å². The first-order chi connectivity index (χ1) is 8.61. The zero-order chi connectivity index (χ0) is 13.1. The van der Waals surface area contributed by atoms with Gasteiger partial charge in [-0.05, 0) is 19.8 Å². The van der Waals surface area contributed by atoms with Crippen LogP contribution in [0.4, 0.5) is 0 Å². The monoisotopic (exact) mass is 339 g/mol. The molecule has 0 spiro atoms. The minimum atomic E-state index is -0.0678. The third-order valence-electron chi connectivity index (χ3n) is 3.49. The molecular formula is C13H23Cl2N3OS. The molecule has 2 N–H and O–H groups in total. The molecule has 116 valence electrons. The second-order valence-corrected chi connectivity index (χ2v) is 5.98. The zero-order valence-electron chi connectivity index (χ0n) is 11.9. The van der Waals surface area contributed by atoms with E-state index < -0.39 is 0 Å². The summed E-state index contributed by atoms with van der Waals surface area (Å²) in [5.41, 5.74) is 6.65. The molecule has 2 unspecified atom stereocenters. The number of piperidine rings is 1. The number of rotatable bonds is 3. The van der Waals surface area contributed by atoms with E-state index in [1.807, 2.05) is 18.7 Å². The smallest absolute Gasteiger partial charge is 0.226 e. The highest BCUT2D eigenvalue weighted by molar-refractivity contribution is 7.09. The molecule has 1 aromatic rings. The van der Waals surface area contributed by atoms with Crippen molar-refractivity contribution in [3.8, 4) is 0 Å². The standard InChI is InChI=1S/C13H21N3OS.2ClH/c1-9(6-14)13(17)16-5-3-4-11(7-16)12-15-10(2)8-18-12;;/h8-9,11H,3-7,14H2,1-2H3;2*1H. The summed E-state index contributed by atoms with van der Waals surface area (Å²) in [6.07, 6.45) is 2.19. The van der Waals surface area contributed by atoms with Crippen LogP contribution < -0.4 is 5.73 Å². The minimum Gasteiger partial charge on any atom is -0.342 e. The van der Waals surface area contributed by atoms with E-state index in [2.05, 4.69) is 10.4 Å². The quantitative estimate of drug-likeness (QED) is 0.920. The molecule has 1 saturated heterocycles. The maximum Gasteiger partial charge on any atom is 0.226 e. The van der Waals surface area contributed by atoms with Gasteiger partial charge in [0.15, 0.2) is 0 Å². The van der Waals surface area contributed by atoms with Gasteiger partial charge < -0.3 is 10.6 Å².